The summed E-state index contributed by atoms with van der Waals surface area (Å²) < 4.78 is 23.3. The van der Waals surface area contributed by atoms with Crippen LogP contribution < -0.4 is 40.9 Å². The van der Waals surface area contributed by atoms with Crippen molar-refractivity contribution in [2.45, 2.75) is 199 Å². The smallest absolute Gasteiger partial charge is 0.325 e. The Balaban J connectivity index is 0.000000124. The molecule has 38 heteroatoms. The first-order chi connectivity index (χ1) is 63.5. The molecule has 33 nitrogen and oxygen atoms in total. The van der Waals surface area contributed by atoms with E-state index in [1.807, 2.05) is 97.5 Å². The molecule has 4 aliphatic heterocycles. The zero-order valence-electron chi connectivity index (χ0n) is 77.1. The Morgan fingerprint density at radius 3 is 1.02 bits per heavy atom. The summed E-state index contributed by atoms with van der Waals surface area (Å²) in [5, 5.41) is 24.3. The predicted molar refractivity (Wildman–Crippen MR) is 517 cm³/mol. The Hall–Kier alpha value is -11.9. The number of aromatic nitrogens is 16. The number of carbonyl (C=O) groups excluding carboxylic acids is 4. The van der Waals surface area contributed by atoms with Crippen LogP contribution in [-0.4, -0.2) is 200 Å². The number of rotatable bonds is 24. The second-order valence-corrected chi connectivity index (χ2v) is 41.5. The molecule has 0 radical (unpaired) electrons. The van der Waals surface area contributed by atoms with Gasteiger partial charge in [0.15, 0.2) is 0 Å². The van der Waals surface area contributed by atoms with Crippen LogP contribution in [-0.2, 0) is 22.2 Å². The average Bonchev–Trinajstić information content (AvgIpc) is 1.61. The van der Waals surface area contributed by atoms with Gasteiger partial charge in [-0.15, -0.1) is 0 Å². The number of carbonyl (C=O) groups is 4. The third kappa shape index (κ3) is 19.9. The van der Waals surface area contributed by atoms with E-state index in [2.05, 4.69) is 179 Å². The van der Waals surface area contributed by atoms with Crippen molar-refractivity contribution in [3.05, 3.63) is 207 Å². The number of nitrogens with one attached hydrogen (secondary N) is 4. The molecule has 20 rings (SSSR count). The zero-order chi connectivity index (χ0) is 94.1. The van der Waals surface area contributed by atoms with Gasteiger partial charge < -0.3 is 59.1 Å². The van der Waals surface area contributed by atoms with Crippen molar-refractivity contribution < 1.29 is 23.6 Å². The van der Waals surface area contributed by atoms with Crippen LogP contribution >= 0.6 is 55.1 Å². The van der Waals surface area contributed by atoms with Gasteiger partial charge in [-0.05, 0) is 185 Å². The van der Waals surface area contributed by atoms with E-state index in [0.717, 1.165) is 90.0 Å². The van der Waals surface area contributed by atoms with Crippen LogP contribution in [0, 0.1) is 46.2 Å². The summed E-state index contributed by atoms with van der Waals surface area (Å²) in [4.78, 5) is 120. The fraction of sp³-hybridized carbons (Fsp3) is 0.463. The first-order valence-corrected chi connectivity index (χ1v) is 47.8. The number of nitriles is 1. The molecule has 11 aromatic rings. The molecule has 9 fully saturated rings. The molecular weight excluding hydrogens is 1860 g/mol. The number of urea groups is 4. The molecule has 0 bridgehead atoms. The molecule has 4 atom stereocenters. The Kier molecular flexibility index (Phi) is 25.9. The van der Waals surface area contributed by atoms with Crippen LogP contribution in [0.15, 0.2) is 163 Å². The highest BCUT2D eigenvalue weighted by molar-refractivity contribution is 9.10. The number of benzene rings is 3. The Morgan fingerprint density at radius 2 is 0.707 bits per heavy atom. The van der Waals surface area contributed by atoms with Crippen molar-refractivity contribution in [2.75, 3.05) is 95.2 Å². The predicted octanol–water partition coefficient (Wildman–Crippen LogP) is 18.6. The normalized spacial score (nSPS) is 20.6. The molecule has 4 N–H and O–H groups in total. The molecule has 5 aliphatic carbocycles. The molecule has 3 aromatic carbocycles. The minimum atomic E-state index is -0.377. The van der Waals surface area contributed by atoms with E-state index >= 15 is 0 Å². The molecule has 0 spiro atoms. The lowest BCUT2D eigenvalue weighted by molar-refractivity contribution is 0.193. The van der Waals surface area contributed by atoms with Crippen LogP contribution in [0.25, 0.3) is 17.1 Å². The van der Waals surface area contributed by atoms with Crippen LogP contribution in [0.4, 0.5) is 70.6 Å². The van der Waals surface area contributed by atoms with Gasteiger partial charge in [-0.25, -0.2) is 63.4 Å². The highest BCUT2D eigenvalue weighted by Gasteiger charge is 2.52. The summed E-state index contributed by atoms with van der Waals surface area (Å²) in [5.74, 6) is 5.36. The third-order valence-corrected chi connectivity index (χ3v) is 28.3. The molecule has 9 aliphatic rings. The molecule has 133 heavy (non-hydrogen) atoms. The molecule has 0 unspecified atom stereocenters. The molecule has 4 saturated heterocycles. The Labute approximate surface area is 800 Å². The van der Waals surface area contributed by atoms with E-state index in [4.69, 9.17) is 43.1 Å². The van der Waals surface area contributed by atoms with Crippen LogP contribution in [0.1, 0.15) is 181 Å². The van der Waals surface area contributed by atoms with E-state index in [-0.39, 0.29) is 76.3 Å². The highest BCUT2D eigenvalue weighted by Crippen LogP contribution is 2.52. The van der Waals surface area contributed by atoms with Gasteiger partial charge in [-0.3, -0.25) is 19.6 Å². The molecule has 8 amide bonds. The summed E-state index contributed by atoms with van der Waals surface area (Å²) in [6, 6.07) is 25.6. The standard InChI is InChI=1S/C25H37N7O.C24H25ClN8O.C23H25BrClN7O.C23H25BrFN7O/c1-17(2)19-14-30(5)23(33)32(19)21-8-13-26-22(28-21)29-25(11-12-25)20-15-31(16-27-20)18-6-9-24(3,4)10-7-18;1-15(2)19-12-31(3)23(34)33(19)21-4-7-27-22(29-21)30-24(5-6-24)20-13-32(14-28-20)18-9-16(11-26)8-17(25)10-18;2*1-14(2)18-11-30(3)22(33)32(18)20-4-7-26-21(28-20)29-23(5-6-23)19-12-31(13-27-19)17-9-15(24)8-16(25)10-17/h8,13,15-19H,6-7,9-12,14H2,1-5H3,(H,26,28,29);4,7-10,13-15,19H,5-6,12H2,1-3H3,(H,27,29,30);2*4,7-10,12-14,18H,5-6,11H2,1-3H3,(H,26,28,29)/t2*19-;2*18-/m1111/s1. The quantitative estimate of drug-likeness (QED) is 0.0436. The zero-order valence-corrected chi connectivity index (χ0v) is 81.8. The lowest BCUT2D eigenvalue weighted by atomic mass is 9.75. The van der Waals surface area contributed by atoms with Gasteiger partial charge in [0.2, 0.25) is 23.8 Å². The van der Waals surface area contributed by atoms with Crippen LogP contribution in [0.5, 0.6) is 0 Å². The lowest BCUT2D eigenvalue weighted by Gasteiger charge is -2.34. The second kappa shape index (κ2) is 37.1. The van der Waals surface area contributed by atoms with Crippen LogP contribution in [0.2, 0.25) is 10.0 Å². The van der Waals surface area contributed by atoms with Crippen molar-refractivity contribution >= 4 is 126 Å². The summed E-state index contributed by atoms with van der Waals surface area (Å²) in [5.41, 5.74) is 5.75. The molecule has 5 saturated carbocycles. The summed E-state index contributed by atoms with van der Waals surface area (Å²) in [6.07, 6.45) is 34.4. The van der Waals surface area contributed by atoms with Gasteiger partial charge >= 0.3 is 24.1 Å². The van der Waals surface area contributed by atoms with E-state index < -0.39 is 0 Å². The third-order valence-electron chi connectivity index (χ3n) is 27.0. The van der Waals surface area contributed by atoms with Crippen molar-refractivity contribution in [1.82, 2.24) is 97.7 Å². The fourth-order valence-electron chi connectivity index (χ4n) is 18.2. The summed E-state index contributed by atoms with van der Waals surface area (Å²) >= 11 is 19.2. The Morgan fingerprint density at radius 1 is 0.406 bits per heavy atom. The molecule has 12 heterocycles. The number of likely N-dealkylation sites (N-methyl/N-ethyl adjacent to an activating group) is 4. The monoisotopic (exact) mass is 1970 g/mol. The minimum Gasteiger partial charge on any atom is -0.343 e. The number of amides is 8. The fourth-order valence-corrected chi connectivity index (χ4v) is 19.8. The lowest BCUT2D eigenvalue weighted by Crippen LogP contribution is -2.38. The minimum absolute atomic E-state index is 0.00566. The van der Waals surface area contributed by atoms with Gasteiger partial charge in [0.05, 0.1) is 112 Å². The van der Waals surface area contributed by atoms with Gasteiger partial charge in [0.25, 0.3) is 0 Å². The number of imidazole rings is 4. The molecule has 696 valence electrons. The van der Waals surface area contributed by atoms with Gasteiger partial charge in [-0.2, -0.15) is 25.2 Å². The first kappa shape index (κ1) is 92.9. The maximum Gasteiger partial charge on any atom is 0.325 e. The van der Waals surface area contributed by atoms with E-state index in [0.29, 0.717) is 134 Å². The topological polar surface area (TPSA) is 341 Å². The SMILES string of the molecule is CC(C)[C@H]1CN(C)C(=O)N1c1ccnc(NC2(c3cn(-c4cc(Cl)cc(Br)c4)cn3)CC2)n1.CC(C)[C@H]1CN(C)C(=O)N1c1ccnc(NC2(c3cn(-c4cc(Cl)cc(C#N)c4)cn3)CC2)n1.CC(C)[C@H]1CN(C)C(=O)N1c1ccnc(NC2(c3cn(-c4cc(F)cc(Br)c4)cn3)CC2)n1.CC(C)[C@H]1CN(C)C(=O)N1c1ccnc(NC2(c3cn(C4CCC(C)(C)CC4)cn3)CC2)n1. The summed E-state index contributed by atoms with van der Waals surface area (Å²) in [6.45, 7) is 24.5. The van der Waals surface area contributed by atoms with Crippen molar-refractivity contribution in [3.63, 3.8) is 0 Å². The number of halogens is 5. The average molecular weight is 1970 g/mol. The number of anilines is 8. The number of hydrogen-bond acceptors (Lipinski definition) is 21. The number of nitrogens with zero attached hydrogens (tertiary/aromatic N) is 25. The summed E-state index contributed by atoms with van der Waals surface area (Å²) in [7, 11) is 7.30. The maximum absolute atomic E-state index is 13.8. The van der Waals surface area contributed by atoms with E-state index in [9.17, 15) is 28.8 Å². The number of hydrogen-bond donors (Lipinski definition) is 4. The molecular formula is C95H112Br2Cl2FN29O4. The van der Waals surface area contributed by atoms with Crippen LogP contribution in [0.3, 0.4) is 0 Å². The van der Waals surface area contributed by atoms with Crippen molar-refractivity contribution in [1.29, 1.82) is 5.26 Å². The largest absolute Gasteiger partial charge is 0.343 e. The van der Waals surface area contributed by atoms with Crippen molar-refractivity contribution in [2.24, 2.45) is 29.1 Å². The second-order valence-electron chi connectivity index (χ2n) is 38.8. The van der Waals surface area contributed by atoms with Gasteiger partial charge in [-0.1, -0.05) is 124 Å². The molecule has 8 aromatic heterocycles. The maximum atomic E-state index is 13.8. The first-order valence-electron chi connectivity index (χ1n) is 45.4. The van der Waals surface area contributed by atoms with E-state index in [1.54, 1.807) is 119 Å². The highest BCUT2D eigenvalue weighted by atomic mass is 79.9. The van der Waals surface area contributed by atoms with Gasteiger partial charge in [0.1, 0.15) is 29.1 Å². The van der Waals surface area contributed by atoms with E-state index in [1.165, 1.54) is 37.8 Å². The van der Waals surface area contributed by atoms with Crippen molar-refractivity contribution in [3.8, 4) is 23.1 Å². The van der Waals surface area contributed by atoms with Gasteiger partial charge in [0, 0.05) is 140 Å². The Bertz CT molecular complexity index is 5980.